The number of amides is 2. The molecule has 0 spiro atoms. The number of likely N-dealkylation sites (N-methyl/N-ethyl adjacent to an activating group) is 1. The molecule has 0 fully saturated rings. The van der Waals surface area contributed by atoms with Crippen LogP contribution in [0.1, 0.15) is 11.1 Å². The van der Waals surface area contributed by atoms with Crippen LogP contribution in [0.2, 0.25) is 0 Å². The number of urea groups is 1. The SMILES string of the molecule is CN(C)CC(Cc1ccccc1)NC(=O)NCc1ccc2c(c1)OCO2. The van der Waals surface area contributed by atoms with Crippen molar-refractivity contribution >= 4 is 6.03 Å². The molecule has 2 aromatic rings. The lowest BCUT2D eigenvalue weighted by Crippen LogP contribution is -2.47. The summed E-state index contributed by atoms with van der Waals surface area (Å²) in [5.74, 6) is 1.46. The molecule has 138 valence electrons. The van der Waals surface area contributed by atoms with E-state index in [-0.39, 0.29) is 18.9 Å². The first-order chi connectivity index (χ1) is 12.6. The molecule has 0 saturated heterocycles. The van der Waals surface area contributed by atoms with Crippen molar-refractivity contribution in [1.82, 2.24) is 15.5 Å². The Hall–Kier alpha value is -2.73. The van der Waals surface area contributed by atoms with Gasteiger partial charge in [0.1, 0.15) is 0 Å². The number of nitrogens with zero attached hydrogens (tertiary/aromatic N) is 1. The molecular weight excluding hydrogens is 330 g/mol. The maximum atomic E-state index is 12.3. The van der Waals surface area contributed by atoms with Crippen LogP contribution in [0.4, 0.5) is 4.79 Å². The third kappa shape index (κ3) is 5.13. The summed E-state index contributed by atoms with van der Waals surface area (Å²) < 4.78 is 10.7. The first kappa shape index (κ1) is 18.1. The highest BCUT2D eigenvalue weighted by atomic mass is 16.7. The Bertz CT molecular complexity index is 734. The van der Waals surface area contributed by atoms with E-state index in [1.165, 1.54) is 5.56 Å². The molecule has 0 aliphatic carbocycles. The van der Waals surface area contributed by atoms with Crippen molar-refractivity contribution in [3.8, 4) is 11.5 Å². The Morgan fingerprint density at radius 1 is 1.08 bits per heavy atom. The summed E-state index contributed by atoms with van der Waals surface area (Å²) in [4.78, 5) is 14.4. The lowest BCUT2D eigenvalue weighted by molar-refractivity contribution is 0.174. The molecule has 0 aromatic heterocycles. The topological polar surface area (TPSA) is 62.8 Å². The van der Waals surface area contributed by atoms with Gasteiger partial charge in [-0.1, -0.05) is 36.4 Å². The third-order valence-corrected chi connectivity index (χ3v) is 4.14. The van der Waals surface area contributed by atoms with Crippen molar-refractivity contribution in [2.75, 3.05) is 27.4 Å². The molecule has 1 unspecified atom stereocenters. The van der Waals surface area contributed by atoms with Gasteiger partial charge in [0, 0.05) is 19.1 Å². The fourth-order valence-electron chi connectivity index (χ4n) is 2.97. The fraction of sp³-hybridized carbons (Fsp3) is 0.350. The number of benzene rings is 2. The largest absolute Gasteiger partial charge is 0.454 e. The smallest absolute Gasteiger partial charge is 0.315 e. The minimum absolute atomic E-state index is 0.0316. The second-order valence-corrected chi connectivity index (χ2v) is 6.66. The second-order valence-electron chi connectivity index (χ2n) is 6.66. The predicted molar refractivity (Wildman–Crippen MR) is 100 cm³/mol. The van der Waals surface area contributed by atoms with E-state index in [2.05, 4.69) is 27.7 Å². The molecule has 0 saturated carbocycles. The van der Waals surface area contributed by atoms with Gasteiger partial charge in [-0.2, -0.15) is 0 Å². The van der Waals surface area contributed by atoms with Crippen molar-refractivity contribution in [2.24, 2.45) is 0 Å². The van der Waals surface area contributed by atoms with E-state index in [4.69, 9.17) is 9.47 Å². The minimum atomic E-state index is -0.176. The van der Waals surface area contributed by atoms with E-state index in [1.54, 1.807) is 0 Å². The predicted octanol–water partition coefficient (Wildman–Crippen LogP) is 2.39. The number of nitrogens with one attached hydrogen (secondary N) is 2. The van der Waals surface area contributed by atoms with E-state index in [9.17, 15) is 4.79 Å². The number of ether oxygens (including phenoxy) is 2. The van der Waals surface area contributed by atoms with E-state index in [0.717, 1.165) is 30.0 Å². The van der Waals surface area contributed by atoms with Crippen molar-refractivity contribution in [3.05, 3.63) is 59.7 Å². The number of hydrogen-bond acceptors (Lipinski definition) is 4. The highest BCUT2D eigenvalue weighted by Gasteiger charge is 2.16. The van der Waals surface area contributed by atoms with E-state index in [0.29, 0.717) is 6.54 Å². The van der Waals surface area contributed by atoms with Gasteiger partial charge in [0.2, 0.25) is 6.79 Å². The molecule has 6 heteroatoms. The van der Waals surface area contributed by atoms with Crippen LogP contribution in [0.25, 0.3) is 0 Å². The summed E-state index contributed by atoms with van der Waals surface area (Å²) in [5, 5.41) is 5.99. The van der Waals surface area contributed by atoms with E-state index < -0.39 is 0 Å². The summed E-state index contributed by atoms with van der Waals surface area (Å²) in [7, 11) is 4.01. The van der Waals surface area contributed by atoms with E-state index in [1.807, 2.05) is 50.5 Å². The van der Waals surface area contributed by atoms with Crippen molar-refractivity contribution < 1.29 is 14.3 Å². The Morgan fingerprint density at radius 3 is 2.62 bits per heavy atom. The number of carbonyl (C=O) groups is 1. The molecule has 1 heterocycles. The lowest BCUT2D eigenvalue weighted by Gasteiger charge is -2.23. The molecule has 2 amide bonds. The molecule has 2 aromatic carbocycles. The molecule has 6 nitrogen and oxygen atoms in total. The van der Waals surface area contributed by atoms with Gasteiger partial charge in [0.15, 0.2) is 11.5 Å². The lowest BCUT2D eigenvalue weighted by atomic mass is 10.1. The number of carbonyl (C=O) groups excluding carboxylic acids is 1. The number of hydrogen-bond donors (Lipinski definition) is 2. The van der Waals surface area contributed by atoms with Crippen molar-refractivity contribution in [2.45, 2.75) is 19.0 Å². The fourth-order valence-corrected chi connectivity index (χ4v) is 2.97. The van der Waals surface area contributed by atoms with Crippen molar-refractivity contribution in [1.29, 1.82) is 0 Å². The minimum Gasteiger partial charge on any atom is -0.454 e. The normalized spacial score (nSPS) is 13.5. The number of fused-ring (bicyclic) bond motifs is 1. The summed E-state index contributed by atoms with van der Waals surface area (Å²) >= 11 is 0. The maximum Gasteiger partial charge on any atom is 0.315 e. The molecule has 1 aliphatic heterocycles. The molecule has 3 rings (SSSR count). The second kappa shape index (κ2) is 8.58. The zero-order valence-corrected chi connectivity index (χ0v) is 15.2. The average molecular weight is 355 g/mol. The van der Waals surface area contributed by atoms with Gasteiger partial charge >= 0.3 is 6.03 Å². The quantitative estimate of drug-likeness (QED) is 0.801. The van der Waals surface area contributed by atoms with Crippen LogP contribution >= 0.6 is 0 Å². The Labute approximate surface area is 154 Å². The summed E-state index contributed by atoms with van der Waals surface area (Å²) in [6.07, 6.45) is 0.788. The van der Waals surface area contributed by atoms with Gasteiger partial charge < -0.3 is 25.0 Å². The van der Waals surface area contributed by atoms with Crippen molar-refractivity contribution in [3.63, 3.8) is 0 Å². The van der Waals surface area contributed by atoms with Gasteiger partial charge in [-0.25, -0.2) is 4.79 Å². The Morgan fingerprint density at radius 2 is 1.85 bits per heavy atom. The van der Waals surface area contributed by atoms with Gasteiger partial charge in [0.25, 0.3) is 0 Å². The summed E-state index contributed by atoms with van der Waals surface area (Å²) in [5.41, 5.74) is 2.17. The molecule has 2 N–H and O–H groups in total. The highest BCUT2D eigenvalue weighted by Crippen LogP contribution is 2.32. The molecule has 26 heavy (non-hydrogen) atoms. The maximum absolute atomic E-state index is 12.3. The monoisotopic (exact) mass is 355 g/mol. The zero-order chi connectivity index (χ0) is 18.4. The van der Waals surface area contributed by atoms with Crippen LogP contribution in [0.3, 0.4) is 0 Å². The highest BCUT2D eigenvalue weighted by molar-refractivity contribution is 5.74. The van der Waals surface area contributed by atoms with Crippen LogP contribution in [-0.4, -0.2) is 44.4 Å². The average Bonchev–Trinajstić information content (AvgIpc) is 3.08. The molecule has 0 radical (unpaired) electrons. The molecule has 1 aliphatic rings. The van der Waals surface area contributed by atoms with Crippen LogP contribution in [-0.2, 0) is 13.0 Å². The Balaban J connectivity index is 1.53. The Kier molecular flexibility index (Phi) is 5.96. The van der Waals surface area contributed by atoms with Crippen LogP contribution in [0.15, 0.2) is 48.5 Å². The van der Waals surface area contributed by atoms with Gasteiger partial charge in [-0.3, -0.25) is 0 Å². The summed E-state index contributed by atoms with van der Waals surface area (Å²) in [6.45, 7) is 1.45. The summed E-state index contributed by atoms with van der Waals surface area (Å²) in [6, 6.07) is 15.7. The van der Waals surface area contributed by atoms with Crippen LogP contribution < -0.4 is 20.1 Å². The molecule has 1 atom stereocenters. The number of rotatable bonds is 7. The zero-order valence-electron chi connectivity index (χ0n) is 15.2. The van der Waals surface area contributed by atoms with Crippen LogP contribution in [0, 0.1) is 0 Å². The molecular formula is C20H25N3O3. The molecule has 0 bridgehead atoms. The third-order valence-electron chi connectivity index (χ3n) is 4.14. The van der Waals surface area contributed by atoms with Gasteiger partial charge in [0.05, 0.1) is 0 Å². The van der Waals surface area contributed by atoms with E-state index >= 15 is 0 Å². The first-order valence-corrected chi connectivity index (χ1v) is 8.71. The van der Waals surface area contributed by atoms with Gasteiger partial charge in [-0.05, 0) is 43.8 Å². The first-order valence-electron chi connectivity index (χ1n) is 8.71. The van der Waals surface area contributed by atoms with Crippen LogP contribution in [0.5, 0.6) is 11.5 Å². The van der Waals surface area contributed by atoms with Gasteiger partial charge in [-0.15, -0.1) is 0 Å². The standard InChI is InChI=1S/C20H25N3O3/c1-23(2)13-17(10-15-6-4-3-5-7-15)22-20(24)21-12-16-8-9-18-19(11-16)26-14-25-18/h3-9,11,17H,10,12-14H2,1-2H3,(H2,21,22,24).